The summed E-state index contributed by atoms with van der Waals surface area (Å²) in [6.07, 6.45) is -13.7. The Labute approximate surface area is 175 Å². The van der Waals surface area contributed by atoms with E-state index in [1.807, 2.05) is 0 Å². The first-order valence-corrected chi connectivity index (χ1v) is 9.42. The molecule has 0 aliphatic carbocycles. The first kappa shape index (κ1) is 23.6. The van der Waals surface area contributed by atoms with Gasteiger partial charge in [0.25, 0.3) is 0 Å². The zero-order valence-corrected chi connectivity index (χ0v) is 16.3. The Kier molecular flexibility index (Phi) is 6.70. The van der Waals surface area contributed by atoms with Gasteiger partial charge in [-0.2, -0.15) is 13.2 Å². The molecule has 1 unspecified atom stereocenters. The van der Waals surface area contributed by atoms with E-state index in [4.69, 9.17) is 4.74 Å². The molecule has 1 aliphatic heterocycles. The largest absolute Gasteiger partial charge is 0.419 e. The fourth-order valence-corrected chi connectivity index (χ4v) is 3.68. The third kappa shape index (κ3) is 4.59. The predicted octanol–water partition coefficient (Wildman–Crippen LogP) is 1.70. The van der Waals surface area contributed by atoms with E-state index in [-0.39, 0.29) is 11.1 Å². The number of alkyl halides is 3. The summed E-state index contributed by atoms with van der Waals surface area (Å²) >= 11 is 0. The highest BCUT2D eigenvalue weighted by molar-refractivity contribution is 5.65. The highest BCUT2D eigenvalue weighted by Gasteiger charge is 2.46. The topological polar surface area (TPSA) is 110 Å². The molecule has 0 amide bonds. The molecule has 170 valence electrons. The quantitative estimate of drug-likeness (QED) is 0.458. The summed E-state index contributed by atoms with van der Waals surface area (Å²) in [4.78, 5) is 0. The van der Waals surface area contributed by atoms with Crippen LogP contribution in [0.1, 0.15) is 22.8 Å². The Morgan fingerprint density at radius 3 is 2.13 bits per heavy atom. The zero-order valence-electron chi connectivity index (χ0n) is 16.3. The lowest BCUT2D eigenvalue weighted by Gasteiger charge is -2.42. The Morgan fingerprint density at radius 2 is 1.58 bits per heavy atom. The molecule has 31 heavy (non-hydrogen) atoms. The number of aryl methyl sites for hydroxylation is 1. The maximum absolute atomic E-state index is 13.9. The molecule has 2 aromatic rings. The molecule has 0 spiro atoms. The van der Waals surface area contributed by atoms with Crippen LogP contribution in [0.4, 0.5) is 17.6 Å². The predicted molar refractivity (Wildman–Crippen MR) is 100 cm³/mol. The molecule has 5 N–H and O–H groups in total. The van der Waals surface area contributed by atoms with Crippen molar-refractivity contribution in [2.75, 3.05) is 6.61 Å². The number of hydrogen-bond acceptors (Lipinski definition) is 6. The molecule has 0 bridgehead atoms. The van der Waals surface area contributed by atoms with E-state index < -0.39 is 60.8 Å². The fraction of sp³-hybridized carbons (Fsp3) is 0.429. The highest BCUT2D eigenvalue weighted by atomic mass is 19.4. The number of benzene rings is 2. The van der Waals surface area contributed by atoms with Gasteiger partial charge in [-0.1, -0.05) is 24.3 Å². The van der Waals surface area contributed by atoms with Gasteiger partial charge in [0.1, 0.15) is 42.4 Å². The summed E-state index contributed by atoms with van der Waals surface area (Å²) in [7, 11) is 0. The highest BCUT2D eigenvalue weighted by Crippen LogP contribution is 2.36. The summed E-state index contributed by atoms with van der Waals surface area (Å²) in [5, 5.41) is 49.9. The minimum absolute atomic E-state index is 0.197. The monoisotopic (exact) mass is 446 g/mol. The second-order valence-electron chi connectivity index (χ2n) is 7.50. The van der Waals surface area contributed by atoms with Gasteiger partial charge >= 0.3 is 6.18 Å². The van der Waals surface area contributed by atoms with E-state index in [0.29, 0.717) is 17.2 Å². The van der Waals surface area contributed by atoms with Crippen molar-refractivity contribution in [3.05, 3.63) is 58.9 Å². The molecule has 1 saturated heterocycles. The molecule has 3 rings (SSSR count). The van der Waals surface area contributed by atoms with Gasteiger partial charge < -0.3 is 30.3 Å². The van der Waals surface area contributed by atoms with Gasteiger partial charge in [0.15, 0.2) is 0 Å². The average molecular weight is 446 g/mol. The Bertz CT molecular complexity index is 933. The van der Waals surface area contributed by atoms with Gasteiger partial charge in [0.05, 0.1) is 12.2 Å². The Morgan fingerprint density at radius 1 is 0.968 bits per heavy atom. The number of aliphatic hydroxyl groups is 5. The van der Waals surface area contributed by atoms with E-state index in [0.717, 1.165) is 12.1 Å². The van der Waals surface area contributed by atoms with Crippen LogP contribution in [-0.2, 0) is 10.9 Å². The van der Waals surface area contributed by atoms with Crippen LogP contribution in [0.15, 0.2) is 36.4 Å². The summed E-state index contributed by atoms with van der Waals surface area (Å²) in [6, 6.07) is 6.96. The van der Waals surface area contributed by atoms with Crippen LogP contribution in [0.2, 0.25) is 0 Å². The maximum atomic E-state index is 13.9. The molecule has 10 heteroatoms. The number of aliphatic hydroxyl groups excluding tert-OH is 5. The van der Waals surface area contributed by atoms with E-state index in [2.05, 4.69) is 0 Å². The van der Waals surface area contributed by atoms with E-state index >= 15 is 0 Å². The number of rotatable bonds is 4. The summed E-state index contributed by atoms with van der Waals surface area (Å²) < 4.78 is 57.5. The zero-order chi connectivity index (χ0) is 23.1. The second-order valence-corrected chi connectivity index (χ2v) is 7.50. The van der Waals surface area contributed by atoms with E-state index in [9.17, 15) is 43.1 Å². The standard InChI is InChI=1S/C21H22F4O6/c1-9-6-10(11-3-5-13(14(22)7-11)21(23,24)25)2-4-12(9)16(27)20-19(30)18(29)17(28)15(8-26)31-20/h2-7,15-20,26-30H,8H2,1H3/t15-,16?,17-,18+,19+,20-/m1/s1. The number of halogens is 4. The van der Waals surface area contributed by atoms with E-state index in [1.54, 1.807) is 6.92 Å². The third-order valence-electron chi connectivity index (χ3n) is 5.44. The van der Waals surface area contributed by atoms with Crippen LogP contribution in [0.5, 0.6) is 0 Å². The molecule has 0 radical (unpaired) electrons. The lowest BCUT2D eigenvalue weighted by molar-refractivity contribution is -0.250. The maximum Gasteiger partial charge on any atom is 0.419 e. The van der Waals surface area contributed by atoms with Crippen LogP contribution in [0.25, 0.3) is 11.1 Å². The minimum Gasteiger partial charge on any atom is -0.394 e. The lowest BCUT2D eigenvalue weighted by Crippen LogP contribution is -2.59. The molecule has 1 fully saturated rings. The molecular formula is C21H22F4O6. The van der Waals surface area contributed by atoms with Crippen molar-refractivity contribution < 1.29 is 47.8 Å². The van der Waals surface area contributed by atoms with Crippen molar-refractivity contribution in [1.82, 2.24) is 0 Å². The molecule has 0 aromatic heterocycles. The smallest absolute Gasteiger partial charge is 0.394 e. The van der Waals surface area contributed by atoms with Crippen molar-refractivity contribution in [3.63, 3.8) is 0 Å². The fourth-order valence-electron chi connectivity index (χ4n) is 3.68. The normalized spacial score (nSPS) is 27.9. The Hall–Kier alpha value is -2.08. The number of hydrogen-bond donors (Lipinski definition) is 5. The SMILES string of the molecule is Cc1cc(-c2ccc(C(F)(F)F)c(F)c2)ccc1C(O)[C@H]1O[C@H](CO)[C@@H](O)[C@H](O)[C@@H]1O. The molecule has 2 aromatic carbocycles. The van der Waals surface area contributed by atoms with E-state index in [1.165, 1.54) is 18.2 Å². The second kappa shape index (κ2) is 8.81. The molecule has 6 nitrogen and oxygen atoms in total. The minimum atomic E-state index is -4.81. The van der Waals surface area contributed by atoms with Gasteiger partial charge in [-0.3, -0.25) is 0 Å². The van der Waals surface area contributed by atoms with Gasteiger partial charge in [0, 0.05) is 0 Å². The van der Waals surface area contributed by atoms with Crippen LogP contribution in [0.3, 0.4) is 0 Å². The third-order valence-corrected chi connectivity index (χ3v) is 5.44. The summed E-state index contributed by atoms with van der Waals surface area (Å²) in [5.74, 6) is -1.41. The lowest BCUT2D eigenvalue weighted by atomic mass is 9.88. The molecule has 6 atom stereocenters. The van der Waals surface area contributed by atoms with Crippen molar-refractivity contribution in [3.8, 4) is 11.1 Å². The van der Waals surface area contributed by atoms with Gasteiger partial charge in [-0.15, -0.1) is 0 Å². The van der Waals surface area contributed by atoms with Crippen LogP contribution >= 0.6 is 0 Å². The van der Waals surface area contributed by atoms with Crippen molar-refractivity contribution >= 4 is 0 Å². The number of ether oxygens (including phenoxy) is 1. The van der Waals surface area contributed by atoms with Gasteiger partial charge in [-0.05, 0) is 41.3 Å². The average Bonchev–Trinajstić information content (AvgIpc) is 2.70. The first-order chi connectivity index (χ1) is 14.5. The van der Waals surface area contributed by atoms with Crippen molar-refractivity contribution in [1.29, 1.82) is 0 Å². The van der Waals surface area contributed by atoms with Crippen molar-refractivity contribution in [2.45, 2.75) is 49.7 Å². The van der Waals surface area contributed by atoms with Gasteiger partial charge in [0.2, 0.25) is 0 Å². The van der Waals surface area contributed by atoms with Gasteiger partial charge in [-0.25, -0.2) is 4.39 Å². The molecule has 1 aliphatic rings. The molecular weight excluding hydrogens is 424 g/mol. The molecule has 1 heterocycles. The van der Waals surface area contributed by atoms with Crippen LogP contribution < -0.4 is 0 Å². The van der Waals surface area contributed by atoms with Crippen molar-refractivity contribution in [2.24, 2.45) is 0 Å². The van der Waals surface area contributed by atoms with Crippen LogP contribution in [-0.4, -0.2) is 62.7 Å². The molecule has 0 saturated carbocycles. The first-order valence-electron chi connectivity index (χ1n) is 9.42. The summed E-state index contributed by atoms with van der Waals surface area (Å²) in [6.45, 7) is 0.943. The Balaban J connectivity index is 1.88. The summed E-state index contributed by atoms with van der Waals surface area (Å²) in [5.41, 5.74) is -0.0391. The van der Waals surface area contributed by atoms with Crippen LogP contribution in [0, 0.1) is 12.7 Å².